The van der Waals surface area contributed by atoms with Crippen LogP contribution in [-0.4, -0.2) is 32.4 Å². The van der Waals surface area contributed by atoms with Gasteiger partial charge in [-0.25, -0.2) is 0 Å². The van der Waals surface area contributed by atoms with E-state index in [-0.39, 0.29) is 23.6 Å². The number of amides is 2. The molecule has 0 unspecified atom stereocenters. The number of hydrogen-bond acceptors (Lipinski definition) is 6. The molecule has 0 bridgehead atoms. The number of anilines is 1. The van der Waals surface area contributed by atoms with Gasteiger partial charge in [0.1, 0.15) is 6.04 Å². The number of nitrogens with one attached hydrogen (secondary N) is 1. The van der Waals surface area contributed by atoms with Crippen LogP contribution in [0.2, 0.25) is 0 Å². The van der Waals surface area contributed by atoms with E-state index < -0.39 is 6.04 Å². The minimum Gasteiger partial charge on any atom is -0.351 e. The first kappa shape index (κ1) is 21.1. The monoisotopic (exact) mass is 435 g/mol. The molecule has 2 amide bonds. The Labute approximate surface area is 185 Å². The fourth-order valence-corrected chi connectivity index (χ4v) is 4.39. The lowest BCUT2D eigenvalue weighted by Crippen LogP contribution is -2.46. The Morgan fingerprint density at radius 2 is 1.97 bits per heavy atom. The molecule has 1 fully saturated rings. The Hall–Kier alpha value is -3.13. The lowest BCUT2D eigenvalue weighted by molar-refractivity contribution is -0.123. The van der Waals surface area contributed by atoms with Gasteiger partial charge in [-0.15, -0.1) is 5.10 Å². The molecule has 0 radical (unpaired) electrons. The van der Waals surface area contributed by atoms with Crippen molar-refractivity contribution in [2.75, 3.05) is 4.90 Å². The molecular formula is C23H25N5O2S. The summed E-state index contributed by atoms with van der Waals surface area (Å²) in [5.41, 5.74) is 2.65. The molecule has 1 aliphatic carbocycles. The number of nitrogens with zero attached hydrogens (tertiary/aromatic N) is 4. The third kappa shape index (κ3) is 4.80. The molecule has 1 N–H and O–H groups in total. The summed E-state index contributed by atoms with van der Waals surface area (Å²) in [6.45, 7) is 2.08. The van der Waals surface area contributed by atoms with E-state index >= 15 is 0 Å². The van der Waals surface area contributed by atoms with Crippen LogP contribution in [0.3, 0.4) is 0 Å². The molecular weight excluding hydrogens is 410 g/mol. The fraction of sp³-hybridized carbons (Fsp3) is 0.348. The molecule has 7 nitrogen and oxygen atoms in total. The van der Waals surface area contributed by atoms with Crippen LogP contribution < -0.4 is 10.2 Å². The Balaban J connectivity index is 1.77. The highest BCUT2D eigenvalue weighted by atomic mass is 32.1. The zero-order chi connectivity index (χ0) is 21.6. The van der Waals surface area contributed by atoms with E-state index in [0.29, 0.717) is 11.3 Å². The zero-order valence-electron chi connectivity index (χ0n) is 17.4. The molecule has 31 heavy (non-hydrogen) atoms. The smallest absolute Gasteiger partial charge is 0.280 e. The first-order valence-corrected chi connectivity index (χ1v) is 11.4. The number of carbonyl (C=O) groups is 2. The van der Waals surface area contributed by atoms with Gasteiger partial charge in [0.05, 0.1) is 0 Å². The number of carbonyl (C=O) groups excluding carboxylic acids is 2. The molecule has 1 aromatic carbocycles. The van der Waals surface area contributed by atoms with Crippen molar-refractivity contribution in [1.29, 1.82) is 0 Å². The number of pyridine rings is 1. The van der Waals surface area contributed by atoms with Crippen LogP contribution in [0.4, 0.5) is 5.69 Å². The molecule has 0 aliphatic heterocycles. The van der Waals surface area contributed by atoms with E-state index in [1.165, 1.54) is 4.90 Å². The summed E-state index contributed by atoms with van der Waals surface area (Å²) in [6.07, 6.45) is 8.31. The van der Waals surface area contributed by atoms with Gasteiger partial charge in [-0.2, -0.15) is 0 Å². The van der Waals surface area contributed by atoms with Gasteiger partial charge in [0.15, 0.2) is 5.69 Å². The number of aromatic nitrogens is 3. The van der Waals surface area contributed by atoms with E-state index in [4.69, 9.17) is 0 Å². The van der Waals surface area contributed by atoms with Gasteiger partial charge in [-0.05, 0) is 54.6 Å². The third-order valence-corrected chi connectivity index (χ3v) is 6.13. The van der Waals surface area contributed by atoms with Crippen LogP contribution in [0, 0.1) is 0 Å². The average Bonchev–Trinajstić information content (AvgIpc) is 3.52. The van der Waals surface area contributed by atoms with Crippen molar-refractivity contribution in [3.05, 3.63) is 71.0 Å². The van der Waals surface area contributed by atoms with E-state index in [0.717, 1.165) is 49.2 Å². The van der Waals surface area contributed by atoms with Crippen molar-refractivity contribution < 1.29 is 9.59 Å². The van der Waals surface area contributed by atoms with Crippen molar-refractivity contribution in [2.24, 2.45) is 0 Å². The van der Waals surface area contributed by atoms with Crippen LogP contribution in [0.1, 0.15) is 60.3 Å². The second-order valence-electron chi connectivity index (χ2n) is 7.66. The molecule has 8 heteroatoms. The highest BCUT2D eigenvalue weighted by molar-refractivity contribution is 7.03. The lowest BCUT2D eigenvalue weighted by atomic mass is 10.0. The van der Waals surface area contributed by atoms with Gasteiger partial charge in [-0.1, -0.05) is 42.5 Å². The minimum absolute atomic E-state index is 0.132. The van der Waals surface area contributed by atoms with Crippen molar-refractivity contribution in [3.63, 3.8) is 0 Å². The van der Waals surface area contributed by atoms with Gasteiger partial charge in [0.25, 0.3) is 5.91 Å². The maximum absolute atomic E-state index is 13.5. The summed E-state index contributed by atoms with van der Waals surface area (Å²) in [6, 6.07) is 10.6. The van der Waals surface area contributed by atoms with Gasteiger partial charge in [0, 0.05) is 35.1 Å². The van der Waals surface area contributed by atoms with Crippen LogP contribution in [0.15, 0.2) is 54.2 Å². The van der Waals surface area contributed by atoms with Gasteiger partial charge in [-0.3, -0.25) is 19.5 Å². The second-order valence-corrected chi connectivity index (χ2v) is 8.27. The van der Waals surface area contributed by atoms with E-state index in [2.05, 4.69) is 26.8 Å². The topological polar surface area (TPSA) is 88.1 Å². The van der Waals surface area contributed by atoms with Gasteiger partial charge < -0.3 is 5.32 Å². The molecule has 1 saturated carbocycles. The molecule has 1 atom stereocenters. The second kappa shape index (κ2) is 9.78. The van der Waals surface area contributed by atoms with Gasteiger partial charge >= 0.3 is 0 Å². The largest absolute Gasteiger partial charge is 0.351 e. The Bertz CT molecular complexity index is 1000. The fourth-order valence-electron chi connectivity index (χ4n) is 3.96. The van der Waals surface area contributed by atoms with Crippen LogP contribution in [-0.2, 0) is 11.2 Å². The zero-order valence-corrected chi connectivity index (χ0v) is 18.2. The van der Waals surface area contributed by atoms with Crippen molar-refractivity contribution in [2.45, 2.75) is 51.1 Å². The maximum atomic E-state index is 13.5. The number of hydrogen-bond donors (Lipinski definition) is 1. The molecule has 160 valence electrons. The summed E-state index contributed by atoms with van der Waals surface area (Å²) >= 11 is 1.11. The van der Waals surface area contributed by atoms with E-state index in [9.17, 15) is 9.59 Å². The summed E-state index contributed by atoms with van der Waals surface area (Å²) in [5.74, 6) is -0.579. The highest BCUT2D eigenvalue weighted by Gasteiger charge is 2.35. The summed E-state index contributed by atoms with van der Waals surface area (Å²) in [4.78, 5) is 32.8. The Morgan fingerprint density at radius 1 is 1.19 bits per heavy atom. The molecule has 0 spiro atoms. The third-order valence-electron chi connectivity index (χ3n) is 5.63. The summed E-state index contributed by atoms with van der Waals surface area (Å²) in [7, 11) is 0. The Morgan fingerprint density at radius 3 is 2.58 bits per heavy atom. The number of aryl methyl sites for hydroxylation is 1. The molecule has 4 rings (SSSR count). The molecule has 0 saturated heterocycles. The van der Waals surface area contributed by atoms with Crippen molar-refractivity contribution in [1.82, 2.24) is 19.9 Å². The first-order chi connectivity index (χ1) is 15.2. The predicted molar refractivity (Wildman–Crippen MR) is 120 cm³/mol. The van der Waals surface area contributed by atoms with Crippen molar-refractivity contribution >= 4 is 29.0 Å². The molecule has 1 aliphatic rings. The average molecular weight is 436 g/mol. The van der Waals surface area contributed by atoms with Crippen LogP contribution >= 0.6 is 11.5 Å². The maximum Gasteiger partial charge on any atom is 0.280 e. The van der Waals surface area contributed by atoms with Crippen LogP contribution in [0.5, 0.6) is 0 Å². The number of rotatable bonds is 7. The SMILES string of the molecule is CCc1ccc(N(C(=O)c2csnn2)[C@H](C(=O)NC2CCCC2)c2cccnc2)cc1. The Kier molecular flexibility index (Phi) is 6.66. The summed E-state index contributed by atoms with van der Waals surface area (Å²) < 4.78 is 3.84. The van der Waals surface area contributed by atoms with E-state index in [1.807, 2.05) is 30.3 Å². The van der Waals surface area contributed by atoms with E-state index in [1.54, 1.807) is 23.8 Å². The normalized spacial score (nSPS) is 14.9. The van der Waals surface area contributed by atoms with Gasteiger partial charge in [0.2, 0.25) is 5.91 Å². The molecule has 3 aromatic rings. The summed E-state index contributed by atoms with van der Waals surface area (Å²) in [5, 5.41) is 8.72. The standard InChI is InChI=1S/C23H25N5O2S/c1-2-16-9-11-19(12-10-16)28(23(30)20-15-31-27-26-20)21(17-6-5-13-24-14-17)22(29)25-18-7-3-4-8-18/h5-6,9-15,18,21H,2-4,7-8H2,1H3,(H,25,29)/t21-/m0/s1. The number of benzene rings is 1. The minimum atomic E-state index is -0.865. The molecule has 2 aromatic heterocycles. The lowest BCUT2D eigenvalue weighted by Gasteiger charge is -2.31. The first-order valence-electron chi connectivity index (χ1n) is 10.6. The van der Waals surface area contributed by atoms with Crippen LogP contribution in [0.25, 0.3) is 0 Å². The highest BCUT2D eigenvalue weighted by Crippen LogP contribution is 2.30. The molecule has 2 heterocycles. The quantitative estimate of drug-likeness (QED) is 0.607. The predicted octanol–water partition coefficient (Wildman–Crippen LogP) is 3.94. The van der Waals surface area contributed by atoms with Crippen molar-refractivity contribution in [3.8, 4) is 0 Å².